The lowest BCUT2D eigenvalue weighted by Crippen LogP contribution is -2.38. The summed E-state index contributed by atoms with van der Waals surface area (Å²) in [5.74, 6) is 6.23. The van der Waals surface area contributed by atoms with E-state index in [1.165, 1.54) is 12.1 Å². The van der Waals surface area contributed by atoms with Crippen molar-refractivity contribution in [1.29, 1.82) is 0 Å². The first-order chi connectivity index (χ1) is 10.7. The summed E-state index contributed by atoms with van der Waals surface area (Å²) in [6, 6.07) is 6.49. The van der Waals surface area contributed by atoms with E-state index in [0.29, 0.717) is 13.2 Å². The van der Waals surface area contributed by atoms with Crippen LogP contribution in [0.1, 0.15) is 17.2 Å². The second-order valence-corrected chi connectivity index (χ2v) is 5.27. The van der Waals surface area contributed by atoms with E-state index in [1.54, 1.807) is 23.0 Å². The van der Waals surface area contributed by atoms with E-state index < -0.39 is 0 Å². The van der Waals surface area contributed by atoms with Gasteiger partial charge >= 0.3 is 0 Å². The Labute approximate surface area is 129 Å². The molecule has 3 rings (SSSR count). The Morgan fingerprint density at radius 2 is 1.95 bits per heavy atom. The van der Waals surface area contributed by atoms with Crippen molar-refractivity contribution in [3.8, 4) is 11.8 Å². The molecule has 2 heterocycles. The molecule has 1 unspecified atom stereocenters. The average molecular weight is 299 g/mol. The number of halogens is 1. The van der Waals surface area contributed by atoms with Crippen LogP contribution in [-0.4, -0.2) is 41.0 Å². The number of hydrogen-bond donors (Lipinski definition) is 0. The smallest absolute Gasteiger partial charge is 0.123 e. The molecule has 1 aromatic carbocycles. The number of rotatable bonds is 2. The molecule has 4 nitrogen and oxygen atoms in total. The van der Waals surface area contributed by atoms with E-state index in [-0.39, 0.29) is 11.9 Å². The molecule has 5 heteroatoms. The van der Waals surface area contributed by atoms with Crippen molar-refractivity contribution in [2.24, 2.45) is 7.05 Å². The minimum Gasteiger partial charge on any atom is -0.379 e. The Hall–Kier alpha value is -2.16. The van der Waals surface area contributed by atoms with E-state index in [1.807, 2.05) is 13.2 Å². The molecule has 22 heavy (non-hydrogen) atoms. The molecule has 0 N–H and O–H groups in total. The molecule has 114 valence electrons. The predicted octanol–water partition coefficient (Wildman–Crippen LogP) is 1.98. The normalized spacial score (nSPS) is 16.8. The molecular weight excluding hydrogens is 281 g/mol. The van der Waals surface area contributed by atoms with Gasteiger partial charge in [0.15, 0.2) is 0 Å². The quantitative estimate of drug-likeness (QED) is 0.795. The summed E-state index contributed by atoms with van der Waals surface area (Å²) in [6.07, 6.45) is 3.63. The summed E-state index contributed by atoms with van der Waals surface area (Å²) in [4.78, 5) is 2.26. The second kappa shape index (κ2) is 6.73. The van der Waals surface area contributed by atoms with Crippen molar-refractivity contribution in [2.45, 2.75) is 6.04 Å². The zero-order valence-electron chi connectivity index (χ0n) is 12.5. The minimum absolute atomic E-state index is 0.0651. The van der Waals surface area contributed by atoms with Crippen molar-refractivity contribution >= 4 is 0 Å². The zero-order chi connectivity index (χ0) is 15.4. The molecule has 1 aliphatic rings. The third kappa shape index (κ3) is 3.53. The van der Waals surface area contributed by atoms with Crippen LogP contribution in [0.25, 0.3) is 0 Å². The summed E-state index contributed by atoms with van der Waals surface area (Å²) in [5.41, 5.74) is 1.88. The highest BCUT2D eigenvalue weighted by Crippen LogP contribution is 2.21. The van der Waals surface area contributed by atoms with Gasteiger partial charge in [0.2, 0.25) is 0 Å². The van der Waals surface area contributed by atoms with Crippen molar-refractivity contribution in [3.63, 3.8) is 0 Å². The Morgan fingerprint density at radius 3 is 2.59 bits per heavy atom. The maximum absolute atomic E-state index is 13.2. The van der Waals surface area contributed by atoms with E-state index in [2.05, 4.69) is 21.8 Å². The van der Waals surface area contributed by atoms with Gasteiger partial charge in [-0.1, -0.05) is 24.0 Å². The Bertz CT molecular complexity index is 678. The molecule has 0 radical (unpaired) electrons. The first-order valence-electron chi connectivity index (χ1n) is 7.30. The molecule has 0 spiro atoms. The third-order valence-corrected chi connectivity index (χ3v) is 3.65. The highest BCUT2D eigenvalue weighted by Gasteiger charge is 2.20. The first-order valence-corrected chi connectivity index (χ1v) is 7.30. The van der Waals surface area contributed by atoms with Gasteiger partial charge in [0.05, 0.1) is 31.0 Å². The van der Waals surface area contributed by atoms with E-state index in [9.17, 15) is 4.39 Å². The monoisotopic (exact) mass is 299 g/mol. The highest BCUT2D eigenvalue weighted by atomic mass is 19.1. The van der Waals surface area contributed by atoms with Gasteiger partial charge in [0.25, 0.3) is 0 Å². The molecule has 1 aromatic heterocycles. The molecule has 0 amide bonds. The van der Waals surface area contributed by atoms with Crippen LogP contribution in [0.5, 0.6) is 0 Å². The fourth-order valence-electron chi connectivity index (χ4n) is 2.50. The van der Waals surface area contributed by atoms with Gasteiger partial charge < -0.3 is 4.74 Å². The number of morpholine rings is 1. The highest BCUT2D eigenvalue weighted by molar-refractivity contribution is 5.35. The summed E-state index contributed by atoms with van der Waals surface area (Å²) < 4.78 is 20.3. The number of ether oxygens (including phenoxy) is 1. The number of aryl methyl sites for hydroxylation is 1. The van der Waals surface area contributed by atoms with Gasteiger partial charge in [-0.05, 0) is 17.7 Å². The van der Waals surface area contributed by atoms with Gasteiger partial charge in [0, 0.05) is 26.3 Å². The molecular formula is C17H18FN3O. The van der Waals surface area contributed by atoms with Gasteiger partial charge in [-0.15, -0.1) is 0 Å². The van der Waals surface area contributed by atoms with E-state index in [4.69, 9.17) is 4.74 Å². The number of nitrogens with zero attached hydrogens (tertiary/aromatic N) is 3. The van der Waals surface area contributed by atoms with Crippen LogP contribution < -0.4 is 0 Å². The fourth-order valence-corrected chi connectivity index (χ4v) is 2.50. The number of benzene rings is 1. The molecule has 0 aliphatic carbocycles. The van der Waals surface area contributed by atoms with Crippen LogP contribution >= 0.6 is 0 Å². The van der Waals surface area contributed by atoms with Crippen LogP contribution in [0.2, 0.25) is 0 Å². The van der Waals surface area contributed by atoms with Crippen LogP contribution in [0.4, 0.5) is 4.39 Å². The minimum atomic E-state index is -0.232. The Kier molecular flexibility index (Phi) is 4.52. The summed E-state index contributed by atoms with van der Waals surface area (Å²) in [5, 5.41) is 4.12. The van der Waals surface area contributed by atoms with Crippen LogP contribution in [-0.2, 0) is 11.8 Å². The van der Waals surface area contributed by atoms with Gasteiger partial charge in [-0.2, -0.15) is 5.10 Å². The first kappa shape index (κ1) is 14.8. The Balaban J connectivity index is 1.88. The number of hydrogen-bond acceptors (Lipinski definition) is 3. The van der Waals surface area contributed by atoms with Crippen molar-refractivity contribution in [2.75, 3.05) is 26.3 Å². The number of aromatic nitrogens is 2. The zero-order valence-corrected chi connectivity index (χ0v) is 12.5. The van der Waals surface area contributed by atoms with E-state index >= 15 is 0 Å². The molecule has 1 atom stereocenters. The summed E-state index contributed by atoms with van der Waals surface area (Å²) in [6.45, 7) is 3.05. The fraction of sp³-hybridized carbons (Fsp3) is 0.353. The lowest BCUT2D eigenvalue weighted by molar-refractivity contribution is 0.0270. The predicted molar refractivity (Wildman–Crippen MR) is 81.6 cm³/mol. The lowest BCUT2D eigenvalue weighted by Gasteiger charge is -2.31. The average Bonchev–Trinajstić information content (AvgIpc) is 2.96. The second-order valence-electron chi connectivity index (χ2n) is 5.27. The molecule has 0 saturated carbocycles. The maximum atomic E-state index is 13.2. The van der Waals surface area contributed by atoms with Crippen molar-refractivity contribution < 1.29 is 9.13 Å². The molecule has 1 aliphatic heterocycles. The topological polar surface area (TPSA) is 30.3 Å². The van der Waals surface area contributed by atoms with Crippen LogP contribution in [0, 0.1) is 17.7 Å². The maximum Gasteiger partial charge on any atom is 0.123 e. The molecule has 2 aromatic rings. The molecule has 1 saturated heterocycles. The van der Waals surface area contributed by atoms with Gasteiger partial charge in [-0.3, -0.25) is 9.58 Å². The summed E-state index contributed by atoms with van der Waals surface area (Å²) >= 11 is 0. The largest absolute Gasteiger partial charge is 0.379 e. The van der Waals surface area contributed by atoms with Gasteiger partial charge in [-0.25, -0.2) is 4.39 Å². The van der Waals surface area contributed by atoms with E-state index in [0.717, 1.165) is 24.2 Å². The molecule has 1 fully saturated rings. The SMILES string of the molecule is Cn1cc(C#CC(c2ccc(F)cc2)N2CCOCC2)cn1. The Morgan fingerprint density at radius 1 is 1.23 bits per heavy atom. The van der Waals surface area contributed by atoms with Crippen molar-refractivity contribution in [1.82, 2.24) is 14.7 Å². The third-order valence-electron chi connectivity index (χ3n) is 3.65. The van der Waals surface area contributed by atoms with Crippen LogP contribution in [0.15, 0.2) is 36.7 Å². The standard InChI is InChI=1S/C17H18FN3O/c1-20-13-14(12-19-20)2-7-17(21-8-10-22-11-9-21)15-3-5-16(18)6-4-15/h3-6,12-13,17H,8-11H2,1H3. The van der Waals surface area contributed by atoms with Crippen LogP contribution in [0.3, 0.4) is 0 Å². The van der Waals surface area contributed by atoms with Gasteiger partial charge in [0.1, 0.15) is 5.82 Å². The summed E-state index contributed by atoms with van der Waals surface area (Å²) in [7, 11) is 1.87. The molecule has 0 bridgehead atoms. The lowest BCUT2D eigenvalue weighted by atomic mass is 10.0. The van der Waals surface area contributed by atoms with Crippen molar-refractivity contribution in [3.05, 3.63) is 53.6 Å².